The van der Waals surface area contributed by atoms with Gasteiger partial charge in [-0.3, -0.25) is 0 Å². The van der Waals surface area contributed by atoms with Crippen molar-refractivity contribution in [3.63, 3.8) is 0 Å². The van der Waals surface area contributed by atoms with Gasteiger partial charge in [-0.15, -0.1) is 0 Å². The van der Waals surface area contributed by atoms with Crippen molar-refractivity contribution in [2.75, 3.05) is 6.61 Å². The smallest absolute Gasteiger partial charge is 0.361 e. The molecule has 0 radical (unpaired) electrons. The lowest BCUT2D eigenvalue weighted by Crippen LogP contribution is -2.45. The van der Waals surface area contributed by atoms with Gasteiger partial charge in [-0.2, -0.15) is 0 Å². The molecule has 0 saturated heterocycles. The van der Waals surface area contributed by atoms with Crippen LogP contribution in [0.5, 0.6) is 0 Å². The van der Waals surface area contributed by atoms with Crippen LogP contribution in [0.4, 0.5) is 0 Å². The van der Waals surface area contributed by atoms with Crippen LogP contribution in [0.25, 0.3) is 0 Å². The molecule has 0 aromatic heterocycles. The first-order chi connectivity index (χ1) is 9.56. The van der Waals surface area contributed by atoms with Gasteiger partial charge in [-0.25, -0.2) is 0 Å². The highest BCUT2D eigenvalue weighted by atomic mass is 16.4. The lowest BCUT2D eigenvalue weighted by Gasteiger charge is -2.17. The second-order valence-electron chi connectivity index (χ2n) is 5.93. The van der Waals surface area contributed by atoms with Crippen LogP contribution in [0.15, 0.2) is 48.5 Å². The number of aryl methyl sites for hydroxylation is 2. The molecule has 2 heteroatoms. The Kier molecular flexibility index (Phi) is 5.02. The first kappa shape index (κ1) is 14.9. The standard InChI is InChI=1S/C18H23BO/c1-14(2)13-20-19(17-9-5-15(3)6-10-17)18-11-7-16(4)8-12-18/h5-12,14H,13H2,1-4H3. The molecule has 0 amide bonds. The van der Waals surface area contributed by atoms with E-state index in [-0.39, 0.29) is 6.92 Å². The largest absolute Gasteiger partial charge is 0.427 e. The van der Waals surface area contributed by atoms with E-state index in [1.54, 1.807) is 0 Å². The fraction of sp³-hybridized carbons (Fsp3) is 0.333. The Morgan fingerprint density at radius 3 is 1.55 bits per heavy atom. The van der Waals surface area contributed by atoms with E-state index < -0.39 is 0 Å². The molecular weight excluding hydrogens is 243 g/mol. The van der Waals surface area contributed by atoms with E-state index in [9.17, 15) is 0 Å². The highest BCUT2D eigenvalue weighted by Crippen LogP contribution is 2.02. The summed E-state index contributed by atoms with van der Waals surface area (Å²) in [6.07, 6.45) is 0. The zero-order chi connectivity index (χ0) is 14.5. The molecule has 2 aromatic carbocycles. The van der Waals surface area contributed by atoms with Crippen molar-refractivity contribution in [1.29, 1.82) is 0 Å². The molecule has 0 N–H and O–H groups in total. The van der Waals surface area contributed by atoms with Crippen molar-refractivity contribution >= 4 is 17.8 Å². The normalized spacial score (nSPS) is 10.8. The zero-order valence-electron chi connectivity index (χ0n) is 12.9. The van der Waals surface area contributed by atoms with Gasteiger partial charge in [-0.1, -0.05) is 73.5 Å². The van der Waals surface area contributed by atoms with Crippen LogP contribution in [-0.2, 0) is 4.65 Å². The summed E-state index contributed by atoms with van der Waals surface area (Å²) in [5, 5.41) is 0. The molecule has 0 fully saturated rings. The van der Waals surface area contributed by atoms with Crippen molar-refractivity contribution in [2.24, 2.45) is 5.92 Å². The van der Waals surface area contributed by atoms with E-state index in [0.717, 1.165) is 6.61 Å². The first-order valence-corrected chi connectivity index (χ1v) is 7.31. The van der Waals surface area contributed by atoms with Crippen LogP contribution in [0, 0.1) is 19.8 Å². The van der Waals surface area contributed by atoms with Gasteiger partial charge in [0.2, 0.25) is 0 Å². The van der Waals surface area contributed by atoms with E-state index in [0.29, 0.717) is 5.92 Å². The fourth-order valence-electron chi connectivity index (χ4n) is 2.16. The Balaban J connectivity index is 2.28. The molecule has 0 aliphatic heterocycles. The highest BCUT2D eigenvalue weighted by molar-refractivity contribution is 6.80. The Labute approximate surface area is 123 Å². The van der Waals surface area contributed by atoms with Crippen molar-refractivity contribution in [3.8, 4) is 0 Å². The van der Waals surface area contributed by atoms with Gasteiger partial charge in [0.1, 0.15) is 0 Å². The number of hydrogen-bond donors (Lipinski definition) is 0. The second kappa shape index (κ2) is 6.76. The molecule has 0 bridgehead atoms. The number of rotatable bonds is 5. The van der Waals surface area contributed by atoms with Crippen molar-refractivity contribution in [3.05, 3.63) is 59.7 Å². The lowest BCUT2D eigenvalue weighted by molar-refractivity contribution is 0.282. The van der Waals surface area contributed by atoms with Crippen LogP contribution in [-0.4, -0.2) is 13.5 Å². The Morgan fingerprint density at radius 1 is 0.800 bits per heavy atom. The molecule has 0 aliphatic carbocycles. The predicted molar refractivity (Wildman–Crippen MR) is 88.2 cm³/mol. The van der Waals surface area contributed by atoms with E-state index in [1.807, 2.05) is 0 Å². The van der Waals surface area contributed by atoms with Gasteiger partial charge in [0, 0.05) is 6.61 Å². The van der Waals surface area contributed by atoms with Crippen LogP contribution < -0.4 is 10.9 Å². The van der Waals surface area contributed by atoms with Crippen LogP contribution in [0.3, 0.4) is 0 Å². The second-order valence-corrected chi connectivity index (χ2v) is 5.93. The molecule has 0 spiro atoms. The van der Waals surface area contributed by atoms with Crippen LogP contribution >= 0.6 is 0 Å². The highest BCUT2D eigenvalue weighted by Gasteiger charge is 2.21. The van der Waals surface area contributed by atoms with E-state index in [1.165, 1.54) is 22.1 Å². The summed E-state index contributed by atoms with van der Waals surface area (Å²) in [5.74, 6) is 0.536. The van der Waals surface area contributed by atoms with Crippen molar-refractivity contribution in [1.82, 2.24) is 0 Å². The van der Waals surface area contributed by atoms with Crippen LogP contribution in [0.2, 0.25) is 0 Å². The molecule has 0 heterocycles. The van der Waals surface area contributed by atoms with Crippen molar-refractivity contribution in [2.45, 2.75) is 27.7 Å². The van der Waals surface area contributed by atoms with E-state index >= 15 is 0 Å². The molecule has 1 nitrogen and oxygen atoms in total. The maximum Gasteiger partial charge on any atom is 0.361 e. The molecule has 2 aromatic rings. The first-order valence-electron chi connectivity index (χ1n) is 7.31. The summed E-state index contributed by atoms with van der Waals surface area (Å²) in [5.41, 5.74) is 5.00. The Bertz CT molecular complexity index is 483. The lowest BCUT2D eigenvalue weighted by atomic mass is 9.55. The summed E-state index contributed by atoms with van der Waals surface area (Å²) in [7, 11) is 0. The third-order valence-electron chi connectivity index (χ3n) is 3.36. The molecule has 0 atom stereocenters. The average molecular weight is 266 g/mol. The summed E-state index contributed by atoms with van der Waals surface area (Å²) in [6.45, 7) is 9.38. The minimum Gasteiger partial charge on any atom is -0.427 e. The molecule has 0 saturated carbocycles. The molecular formula is C18H23BO. The van der Waals surface area contributed by atoms with E-state index in [2.05, 4.69) is 76.2 Å². The predicted octanol–water partition coefficient (Wildman–Crippen LogP) is 3.08. The topological polar surface area (TPSA) is 9.23 Å². The zero-order valence-corrected chi connectivity index (χ0v) is 12.9. The number of hydrogen-bond acceptors (Lipinski definition) is 1. The van der Waals surface area contributed by atoms with Gasteiger partial charge < -0.3 is 4.65 Å². The summed E-state index contributed by atoms with van der Waals surface area (Å²) < 4.78 is 6.16. The quantitative estimate of drug-likeness (QED) is 0.756. The molecule has 104 valence electrons. The van der Waals surface area contributed by atoms with E-state index in [4.69, 9.17) is 4.65 Å². The fourth-order valence-corrected chi connectivity index (χ4v) is 2.16. The van der Waals surface area contributed by atoms with Gasteiger partial charge in [0.05, 0.1) is 0 Å². The Morgan fingerprint density at radius 2 is 1.20 bits per heavy atom. The maximum atomic E-state index is 6.16. The molecule has 0 unspecified atom stereocenters. The molecule has 20 heavy (non-hydrogen) atoms. The average Bonchev–Trinajstić information content (AvgIpc) is 2.42. The minimum atomic E-state index is 0.0265. The number of benzene rings is 2. The van der Waals surface area contributed by atoms with Gasteiger partial charge in [-0.05, 0) is 30.7 Å². The molecule has 2 rings (SSSR count). The van der Waals surface area contributed by atoms with Crippen molar-refractivity contribution < 1.29 is 4.65 Å². The van der Waals surface area contributed by atoms with Crippen LogP contribution in [0.1, 0.15) is 25.0 Å². The summed E-state index contributed by atoms with van der Waals surface area (Å²) in [4.78, 5) is 0. The third-order valence-corrected chi connectivity index (χ3v) is 3.36. The van der Waals surface area contributed by atoms with Gasteiger partial charge in [0.25, 0.3) is 0 Å². The van der Waals surface area contributed by atoms with Gasteiger partial charge >= 0.3 is 6.92 Å². The Hall–Kier alpha value is -1.54. The third kappa shape index (κ3) is 3.98. The summed E-state index contributed by atoms with van der Waals surface area (Å²) >= 11 is 0. The molecule has 0 aliphatic rings. The SMILES string of the molecule is Cc1ccc(B(OCC(C)C)c2ccc(C)cc2)cc1. The van der Waals surface area contributed by atoms with Gasteiger partial charge in [0.15, 0.2) is 0 Å². The maximum absolute atomic E-state index is 6.16. The minimum absolute atomic E-state index is 0.0265. The monoisotopic (exact) mass is 266 g/mol. The summed E-state index contributed by atoms with van der Waals surface area (Å²) in [6, 6.07) is 17.3.